The number of nitrogens with zero attached hydrogens (tertiary/aromatic N) is 2. The summed E-state index contributed by atoms with van der Waals surface area (Å²) in [5.74, 6) is 0.919. The topological polar surface area (TPSA) is 93.2 Å². The van der Waals surface area contributed by atoms with Gasteiger partial charge in [0.25, 0.3) is 0 Å². The summed E-state index contributed by atoms with van der Waals surface area (Å²) >= 11 is 1.58. The molecule has 1 aromatic heterocycles. The fraction of sp³-hybridized carbons (Fsp3) is 0.444. The summed E-state index contributed by atoms with van der Waals surface area (Å²) in [6.45, 7) is 2.91. The van der Waals surface area contributed by atoms with Crippen molar-refractivity contribution in [2.24, 2.45) is 0 Å². The number of carbonyl (C=O) groups excluding carboxylic acids is 1. The number of anilines is 2. The van der Waals surface area contributed by atoms with E-state index >= 15 is 0 Å². The molecule has 1 atom stereocenters. The Morgan fingerprint density at radius 3 is 2.56 bits per heavy atom. The zero-order valence-corrected chi connectivity index (χ0v) is 16.0. The number of thiazole rings is 1. The Labute approximate surface area is 160 Å². The molecule has 9 heteroatoms. The second kappa shape index (κ2) is 7.24. The van der Waals surface area contributed by atoms with Crippen molar-refractivity contribution in [2.75, 3.05) is 50.7 Å². The molecule has 0 saturated carbocycles. The third-order valence-corrected chi connectivity index (χ3v) is 6.02. The summed E-state index contributed by atoms with van der Waals surface area (Å²) in [6.07, 6.45) is 0.300. The van der Waals surface area contributed by atoms with Gasteiger partial charge in [-0.2, -0.15) is 0 Å². The Morgan fingerprint density at radius 2 is 1.93 bits per heavy atom. The fourth-order valence-corrected chi connectivity index (χ4v) is 4.58. The molecular formula is C18H21N3O5S. The zero-order valence-electron chi connectivity index (χ0n) is 15.2. The number of fused-ring (bicyclic) bond motifs is 1. The molecule has 0 radical (unpaired) electrons. The van der Waals surface area contributed by atoms with E-state index in [-0.39, 0.29) is 17.6 Å². The predicted octanol–water partition coefficient (Wildman–Crippen LogP) is 2.18. The number of rotatable bonds is 4. The highest BCUT2D eigenvalue weighted by molar-refractivity contribution is 7.16. The lowest BCUT2D eigenvalue weighted by Crippen LogP contribution is -2.36. The van der Waals surface area contributed by atoms with E-state index in [1.54, 1.807) is 23.5 Å². The van der Waals surface area contributed by atoms with Gasteiger partial charge in [-0.25, -0.2) is 4.98 Å². The van der Waals surface area contributed by atoms with Crippen LogP contribution in [0.25, 0.3) is 0 Å². The Kier molecular flexibility index (Phi) is 4.79. The molecule has 0 aliphatic carbocycles. The van der Waals surface area contributed by atoms with Crippen molar-refractivity contribution < 1.29 is 24.1 Å². The number of methoxy groups -OCH3 is 2. The van der Waals surface area contributed by atoms with Crippen LogP contribution >= 0.6 is 11.3 Å². The minimum Gasteiger partial charge on any atom is -0.502 e. The smallest absolute Gasteiger partial charge is 0.226 e. The molecule has 1 aromatic carbocycles. The first-order valence-electron chi connectivity index (χ1n) is 8.69. The maximum atomic E-state index is 12.3. The molecule has 27 heavy (non-hydrogen) atoms. The minimum absolute atomic E-state index is 0.0532. The Hall–Kier alpha value is -2.52. The van der Waals surface area contributed by atoms with Crippen LogP contribution in [0.5, 0.6) is 17.2 Å². The van der Waals surface area contributed by atoms with Crippen molar-refractivity contribution in [3.8, 4) is 17.2 Å². The molecule has 2 aliphatic rings. The first-order valence-corrected chi connectivity index (χ1v) is 9.50. The number of ether oxygens (including phenoxy) is 3. The summed E-state index contributed by atoms with van der Waals surface area (Å²) < 4.78 is 15.9. The molecular weight excluding hydrogens is 370 g/mol. The monoisotopic (exact) mass is 391 g/mol. The first kappa shape index (κ1) is 17.9. The molecule has 1 amide bonds. The van der Waals surface area contributed by atoms with Crippen LogP contribution in [0.4, 0.5) is 10.9 Å². The van der Waals surface area contributed by atoms with Crippen LogP contribution in [0.15, 0.2) is 12.1 Å². The Bertz CT molecular complexity index is 838. The van der Waals surface area contributed by atoms with Crippen molar-refractivity contribution in [1.29, 1.82) is 0 Å². The minimum atomic E-state index is -0.176. The van der Waals surface area contributed by atoms with Crippen LogP contribution < -0.4 is 19.7 Å². The summed E-state index contributed by atoms with van der Waals surface area (Å²) in [5.41, 5.74) is 0.842. The van der Waals surface area contributed by atoms with Gasteiger partial charge in [0.05, 0.1) is 32.3 Å². The molecule has 8 nitrogen and oxygen atoms in total. The van der Waals surface area contributed by atoms with Crippen molar-refractivity contribution in [3.63, 3.8) is 0 Å². The molecule has 1 fully saturated rings. The van der Waals surface area contributed by atoms with Gasteiger partial charge in [0.2, 0.25) is 11.7 Å². The number of aromatic nitrogens is 1. The fourth-order valence-electron chi connectivity index (χ4n) is 3.38. The van der Waals surface area contributed by atoms with Gasteiger partial charge in [0, 0.05) is 25.4 Å². The molecule has 0 unspecified atom stereocenters. The lowest BCUT2D eigenvalue weighted by Gasteiger charge is -2.26. The van der Waals surface area contributed by atoms with E-state index < -0.39 is 0 Å². The second-order valence-corrected chi connectivity index (χ2v) is 7.40. The van der Waals surface area contributed by atoms with Gasteiger partial charge >= 0.3 is 0 Å². The summed E-state index contributed by atoms with van der Waals surface area (Å²) in [7, 11) is 2.97. The van der Waals surface area contributed by atoms with E-state index in [0.717, 1.165) is 28.7 Å². The standard InChI is InChI=1S/C18H21N3O5S/c1-24-12-7-10(8-13(25-2)15(12)23)11-9-14(22)19-17-16(11)27-18(20-17)21-3-5-26-6-4-21/h7-8,11,23H,3-6,9H2,1-2H3,(H,19,22)/t11-/m1/s1. The molecule has 3 heterocycles. The molecule has 2 aromatic rings. The van der Waals surface area contributed by atoms with Crippen LogP contribution in [-0.2, 0) is 9.53 Å². The molecule has 2 N–H and O–H groups in total. The van der Waals surface area contributed by atoms with Gasteiger partial charge in [-0.1, -0.05) is 11.3 Å². The van der Waals surface area contributed by atoms with Crippen LogP contribution in [0, 0.1) is 0 Å². The number of phenols is 1. The quantitative estimate of drug-likeness (QED) is 0.825. The number of amides is 1. The molecule has 0 spiro atoms. The van der Waals surface area contributed by atoms with Crippen LogP contribution in [0.1, 0.15) is 22.8 Å². The van der Waals surface area contributed by atoms with Crippen LogP contribution in [-0.4, -0.2) is 56.5 Å². The molecule has 1 saturated heterocycles. The second-order valence-electron chi connectivity index (χ2n) is 6.39. The SMILES string of the molecule is COc1cc([C@H]2CC(=O)Nc3nc(N4CCOCC4)sc32)cc(OC)c1O. The largest absolute Gasteiger partial charge is 0.502 e. The zero-order chi connectivity index (χ0) is 19.0. The number of nitrogens with one attached hydrogen (secondary N) is 1. The van der Waals surface area contributed by atoms with E-state index in [2.05, 4.69) is 15.2 Å². The number of morpholine rings is 1. The molecule has 2 aliphatic heterocycles. The number of carbonyl (C=O) groups is 1. The molecule has 0 bridgehead atoms. The Morgan fingerprint density at radius 1 is 1.26 bits per heavy atom. The highest BCUT2D eigenvalue weighted by Gasteiger charge is 2.32. The summed E-state index contributed by atoms with van der Waals surface area (Å²) in [6, 6.07) is 3.50. The van der Waals surface area contributed by atoms with E-state index in [9.17, 15) is 9.90 Å². The first-order chi connectivity index (χ1) is 13.1. The number of hydrogen-bond donors (Lipinski definition) is 2. The summed E-state index contributed by atoms with van der Waals surface area (Å²) in [4.78, 5) is 20.1. The van der Waals surface area contributed by atoms with Gasteiger partial charge in [0.1, 0.15) is 5.82 Å². The molecule has 4 rings (SSSR count). The van der Waals surface area contributed by atoms with Crippen LogP contribution in [0.2, 0.25) is 0 Å². The van der Waals surface area contributed by atoms with Crippen molar-refractivity contribution in [3.05, 3.63) is 22.6 Å². The average molecular weight is 391 g/mol. The van der Waals surface area contributed by atoms with Crippen molar-refractivity contribution in [1.82, 2.24) is 4.98 Å². The average Bonchev–Trinajstić information content (AvgIpc) is 3.12. The highest BCUT2D eigenvalue weighted by atomic mass is 32.1. The summed E-state index contributed by atoms with van der Waals surface area (Å²) in [5, 5.41) is 13.9. The van der Waals surface area contributed by atoms with E-state index in [0.29, 0.717) is 37.0 Å². The van der Waals surface area contributed by atoms with Gasteiger partial charge in [-0.15, -0.1) is 0 Å². The van der Waals surface area contributed by atoms with Gasteiger partial charge in [-0.05, 0) is 17.7 Å². The van der Waals surface area contributed by atoms with Gasteiger partial charge < -0.3 is 29.5 Å². The number of phenolic OH excluding ortho intramolecular Hbond substituents is 1. The van der Waals surface area contributed by atoms with E-state index in [1.807, 2.05) is 0 Å². The number of benzene rings is 1. The molecule has 144 valence electrons. The lowest BCUT2D eigenvalue weighted by atomic mass is 9.91. The maximum Gasteiger partial charge on any atom is 0.226 e. The Balaban J connectivity index is 1.75. The maximum absolute atomic E-state index is 12.3. The van der Waals surface area contributed by atoms with Gasteiger partial charge in [0.15, 0.2) is 16.6 Å². The normalized spacial score (nSPS) is 19.4. The van der Waals surface area contributed by atoms with E-state index in [1.165, 1.54) is 14.2 Å². The predicted molar refractivity (Wildman–Crippen MR) is 101 cm³/mol. The number of hydrogen-bond acceptors (Lipinski definition) is 8. The third-order valence-electron chi connectivity index (χ3n) is 4.79. The van der Waals surface area contributed by atoms with Crippen molar-refractivity contribution >= 4 is 28.2 Å². The highest BCUT2D eigenvalue weighted by Crippen LogP contribution is 2.47. The van der Waals surface area contributed by atoms with E-state index in [4.69, 9.17) is 14.2 Å². The van der Waals surface area contributed by atoms with Gasteiger partial charge in [-0.3, -0.25) is 4.79 Å². The number of aromatic hydroxyl groups is 1. The lowest BCUT2D eigenvalue weighted by molar-refractivity contribution is -0.116. The van der Waals surface area contributed by atoms with Crippen LogP contribution in [0.3, 0.4) is 0 Å². The third kappa shape index (κ3) is 3.28. The van der Waals surface area contributed by atoms with Crippen molar-refractivity contribution in [2.45, 2.75) is 12.3 Å².